The summed E-state index contributed by atoms with van der Waals surface area (Å²) in [5.74, 6) is -2.58. The highest BCUT2D eigenvalue weighted by atomic mass is 16.5. The number of carbonyl (C=O) groups is 4. The van der Waals surface area contributed by atoms with Crippen LogP contribution in [-0.2, 0) is 45.0 Å². The van der Waals surface area contributed by atoms with E-state index < -0.39 is 36.0 Å². The molecule has 0 saturated heterocycles. The second-order valence-electron chi connectivity index (χ2n) is 16.8. The highest BCUT2D eigenvalue weighted by Gasteiger charge is 2.42. The number of carbonyl (C=O) groups excluding carboxylic acids is 4. The second kappa shape index (κ2) is 16.9. The van der Waals surface area contributed by atoms with Gasteiger partial charge in [-0.1, -0.05) is 97.1 Å². The normalized spacial score (nSPS) is 18.4. The molecule has 2 aliphatic carbocycles. The Balaban J connectivity index is 0.966. The van der Waals surface area contributed by atoms with Gasteiger partial charge >= 0.3 is 11.9 Å². The Morgan fingerprint density at radius 2 is 0.984 bits per heavy atom. The first-order chi connectivity index (χ1) is 31.2. The summed E-state index contributed by atoms with van der Waals surface area (Å²) in [6.07, 6.45) is 5.00. The number of fused-ring (bicyclic) bond motifs is 6. The first kappa shape index (κ1) is 40.5. The minimum absolute atomic E-state index is 0.0254. The molecule has 0 fully saturated rings. The van der Waals surface area contributed by atoms with E-state index in [1.807, 2.05) is 123 Å². The number of H-pyrrole nitrogens is 2. The van der Waals surface area contributed by atoms with Crippen LogP contribution in [0, 0.1) is 25.7 Å². The molecule has 0 bridgehead atoms. The van der Waals surface area contributed by atoms with Gasteiger partial charge in [-0.2, -0.15) is 0 Å². The van der Waals surface area contributed by atoms with Gasteiger partial charge in [0.25, 0.3) is 0 Å². The van der Waals surface area contributed by atoms with Gasteiger partial charge in [-0.25, -0.2) is 19.6 Å². The Hall–Kier alpha value is -7.60. The fraction of sp³-hybridized carbons (Fsp3) is 0.231. The van der Waals surface area contributed by atoms with Crippen LogP contribution in [0.5, 0.6) is 0 Å². The van der Waals surface area contributed by atoms with Crippen molar-refractivity contribution in [3.63, 3.8) is 0 Å². The van der Waals surface area contributed by atoms with E-state index in [-0.39, 0.29) is 24.4 Å². The third-order valence-corrected chi connectivity index (χ3v) is 12.9. The molecule has 0 aliphatic heterocycles. The third kappa shape index (κ3) is 7.54. The zero-order valence-corrected chi connectivity index (χ0v) is 35.5. The minimum atomic E-state index is -0.812. The lowest BCUT2D eigenvalue weighted by atomic mass is 9.80. The van der Waals surface area contributed by atoms with Crippen LogP contribution >= 0.6 is 0 Å². The van der Waals surface area contributed by atoms with Crippen LogP contribution in [0.1, 0.15) is 91.1 Å². The lowest BCUT2D eigenvalue weighted by Crippen LogP contribution is -2.31. The van der Waals surface area contributed by atoms with Gasteiger partial charge in [-0.15, -0.1) is 0 Å². The average molecular weight is 851 g/mol. The summed E-state index contributed by atoms with van der Waals surface area (Å²) in [6, 6.07) is 35.4. The highest BCUT2D eigenvalue weighted by Crippen LogP contribution is 2.45. The quantitative estimate of drug-likeness (QED) is 0.0912. The lowest BCUT2D eigenvalue weighted by molar-refractivity contribution is -0.147. The summed E-state index contributed by atoms with van der Waals surface area (Å²) in [4.78, 5) is 72.1. The summed E-state index contributed by atoms with van der Waals surface area (Å²) in [7, 11) is 0. The van der Waals surface area contributed by atoms with Crippen LogP contribution in [-0.4, -0.2) is 52.6 Å². The zero-order valence-electron chi connectivity index (χ0n) is 35.5. The first-order valence-corrected chi connectivity index (χ1v) is 21.7. The Kier molecular flexibility index (Phi) is 10.7. The van der Waals surface area contributed by atoms with Crippen molar-refractivity contribution >= 4 is 45.3 Å². The van der Waals surface area contributed by atoms with E-state index in [0.717, 1.165) is 67.9 Å². The number of aromatic amines is 2. The molecule has 4 heterocycles. The molecular weight excluding hydrogens is 805 g/mol. The molecule has 2 aliphatic rings. The van der Waals surface area contributed by atoms with Crippen LogP contribution < -0.4 is 0 Å². The summed E-state index contributed by atoms with van der Waals surface area (Å²) < 4.78 is 16.7. The second-order valence-corrected chi connectivity index (χ2v) is 16.8. The van der Waals surface area contributed by atoms with Gasteiger partial charge in [0.15, 0.2) is 11.6 Å². The number of ketones is 2. The molecule has 320 valence electrons. The average Bonchev–Trinajstić information content (AvgIpc) is 4.08. The number of rotatable bonds is 12. The Morgan fingerprint density at radius 1 is 0.594 bits per heavy atom. The maximum absolute atomic E-state index is 14.5. The number of imidazole rings is 2. The van der Waals surface area contributed by atoms with Crippen molar-refractivity contribution in [3.05, 3.63) is 190 Å². The molecule has 0 spiro atoms. The smallest absolute Gasteiger partial charge is 0.331 e. The number of ether oxygens (including phenoxy) is 2. The molecule has 4 aromatic heterocycles. The maximum Gasteiger partial charge on any atom is 0.331 e. The Morgan fingerprint density at radius 3 is 1.38 bits per heavy atom. The fourth-order valence-corrected chi connectivity index (χ4v) is 9.78. The number of Topliss-reactive ketones (excluding diaryl/α,β-unsaturated/α-hetero) is 2. The molecular formula is C52H46N6O6. The molecule has 4 atom stereocenters. The van der Waals surface area contributed by atoms with E-state index in [4.69, 9.17) is 9.47 Å². The standard InChI is InChI=1S/C52H46N6O6/c1-31-39(55-29-53-31)23-35-25-43(49-47(51(35)61)37-17-9-11-19-41(37)57(49)27-33-13-5-3-6-14-33)63-45(59)21-22-46(60)64-44-26-36(24-40-32(2)54-30-56-40)52(62)48-38-18-10-12-20-42(38)58(50(44)48)28-34-15-7-4-8-16-34/h3-22,29-30,35-36,43-44H,23-28H2,1-2H3,(H,53,55)(H,54,56)/b22-21-. The molecule has 4 aromatic carbocycles. The van der Waals surface area contributed by atoms with Crippen molar-refractivity contribution in [3.8, 4) is 0 Å². The van der Waals surface area contributed by atoms with Gasteiger partial charge in [0.2, 0.25) is 0 Å². The molecule has 2 N–H and O–H groups in total. The number of esters is 2. The number of aryl methyl sites for hydroxylation is 2. The van der Waals surface area contributed by atoms with Crippen LogP contribution in [0.2, 0.25) is 0 Å². The highest BCUT2D eigenvalue weighted by molar-refractivity contribution is 6.12. The van der Waals surface area contributed by atoms with Gasteiger partial charge in [-0.05, 0) is 37.1 Å². The van der Waals surface area contributed by atoms with E-state index >= 15 is 0 Å². The van der Waals surface area contributed by atoms with E-state index in [1.54, 1.807) is 12.7 Å². The van der Waals surface area contributed by atoms with Crippen molar-refractivity contribution < 1.29 is 28.7 Å². The monoisotopic (exact) mass is 850 g/mol. The first-order valence-electron chi connectivity index (χ1n) is 21.7. The zero-order chi connectivity index (χ0) is 43.9. The number of aromatic nitrogens is 6. The predicted octanol–water partition coefficient (Wildman–Crippen LogP) is 9.07. The largest absolute Gasteiger partial charge is 0.453 e. The van der Waals surface area contributed by atoms with Crippen molar-refractivity contribution in [2.24, 2.45) is 11.8 Å². The van der Waals surface area contributed by atoms with Crippen LogP contribution in [0.25, 0.3) is 21.8 Å². The summed E-state index contributed by atoms with van der Waals surface area (Å²) >= 11 is 0. The molecule has 8 aromatic rings. The minimum Gasteiger partial charge on any atom is -0.453 e. The molecule has 12 nitrogen and oxygen atoms in total. The van der Waals surface area contributed by atoms with Gasteiger partial charge in [0, 0.05) is 96.0 Å². The molecule has 10 rings (SSSR count). The number of hydrogen-bond donors (Lipinski definition) is 2. The predicted molar refractivity (Wildman–Crippen MR) is 241 cm³/mol. The van der Waals surface area contributed by atoms with Crippen LogP contribution in [0.3, 0.4) is 0 Å². The maximum atomic E-state index is 14.5. The molecule has 12 heteroatoms. The van der Waals surface area contributed by atoms with Crippen LogP contribution in [0.15, 0.2) is 134 Å². The molecule has 4 unspecified atom stereocenters. The van der Waals surface area contributed by atoms with E-state index in [1.165, 1.54) is 0 Å². The molecule has 0 amide bonds. The van der Waals surface area contributed by atoms with Crippen molar-refractivity contribution in [2.45, 2.75) is 64.8 Å². The number of para-hydroxylation sites is 2. The number of benzene rings is 4. The molecule has 64 heavy (non-hydrogen) atoms. The summed E-state index contributed by atoms with van der Waals surface area (Å²) in [5, 5.41) is 1.58. The van der Waals surface area contributed by atoms with Crippen molar-refractivity contribution in [1.82, 2.24) is 29.1 Å². The van der Waals surface area contributed by atoms with Gasteiger partial charge < -0.3 is 28.6 Å². The summed E-state index contributed by atoms with van der Waals surface area (Å²) in [6.45, 7) is 4.75. The van der Waals surface area contributed by atoms with Gasteiger partial charge in [0.05, 0.1) is 46.6 Å². The fourth-order valence-electron chi connectivity index (χ4n) is 9.78. The Labute approximate surface area is 369 Å². The van der Waals surface area contributed by atoms with E-state index in [0.29, 0.717) is 48.4 Å². The van der Waals surface area contributed by atoms with Crippen molar-refractivity contribution in [2.75, 3.05) is 0 Å². The molecule has 0 radical (unpaired) electrons. The Bertz CT molecular complexity index is 2890. The topological polar surface area (TPSA) is 154 Å². The summed E-state index contributed by atoms with van der Waals surface area (Å²) in [5.41, 5.74) is 9.38. The third-order valence-electron chi connectivity index (χ3n) is 12.9. The lowest BCUT2D eigenvalue weighted by Gasteiger charge is -2.30. The molecule has 0 saturated carbocycles. The van der Waals surface area contributed by atoms with Gasteiger partial charge in [-0.3, -0.25) is 9.59 Å². The SMILES string of the molecule is Cc1[nH]cnc1CC1CC(OC(=O)/C=C\C(=O)OC2CC(Cc3nc[nH]c3C)C(=O)c3c2n(Cc2ccccc2)c2ccccc32)c2c(c3ccccc3n2Cc2ccccc2)C1=O. The number of hydrogen-bond acceptors (Lipinski definition) is 8. The van der Waals surface area contributed by atoms with Crippen molar-refractivity contribution in [1.29, 1.82) is 0 Å². The van der Waals surface area contributed by atoms with Crippen LogP contribution in [0.4, 0.5) is 0 Å². The van der Waals surface area contributed by atoms with E-state index in [9.17, 15) is 19.2 Å². The number of nitrogens with one attached hydrogen (secondary N) is 2. The van der Waals surface area contributed by atoms with E-state index in [2.05, 4.69) is 29.1 Å². The van der Waals surface area contributed by atoms with Gasteiger partial charge in [0.1, 0.15) is 12.2 Å². The number of nitrogens with zero attached hydrogens (tertiary/aromatic N) is 4.